The number of hydrogen-bond acceptors (Lipinski definition) is 7. The summed E-state index contributed by atoms with van der Waals surface area (Å²) in [6.45, 7) is 6.06. The van der Waals surface area contributed by atoms with Gasteiger partial charge in [-0.15, -0.1) is 5.10 Å². The van der Waals surface area contributed by atoms with Crippen molar-refractivity contribution in [1.82, 2.24) is 30.0 Å². The second kappa shape index (κ2) is 10.5. The van der Waals surface area contributed by atoms with E-state index < -0.39 is 0 Å². The Labute approximate surface area is 183 Å². The van der Waals surface area contributed by atoms with E-state index in [-0.39, 0.29) is 6.04 Å². The lowest BCUT2D eigenvalue weighted by Crippen LogP contribution is -2.48. The van der Waals surface area contributed by atoms with E-state index in [0.717, 1.165) is 49.9 Å². The van der Waals surface area contributed by atoms with Crippen molar-refractivity contribution in [2.45, 2.75) is 19.1 Å². The molecule has 1 aliphatic heterocycles. The number of piperazine rings is 1. The molecule has 164 valence electrons. The molecule has 0 saturated carbocycles. The van der Waals surface area contributed by atoms with Crippen LogP contribution >= 0.6 is 0 Å². The minimum atomic E-state index is -0.0170. The van der Waals surface area contributed by atoms with Gasteiger partial charge in [0.1, 0.15) is 5.75 Å². The highest BCUT2D eigenvalue weighted by molar-refractivity contribution is 5.32. The van der Waals surface area contributed by atoms with Gasteiger partial charge in [0, 0.05) is 39.8 Å². The minimum absolute atomic E-state index is 0.0170. The lowest BCUT2D eigenvalue weighted by molar-refractivity contribution is 0.0988. The number of ether oxygens (including phenoxy) is 2. The van der Waals surface area contributed by atoms with Gasteiger partial charge in [-0.05, 0) is 33.7 Å². The van der Waals surface area contributed by atoms with E-state index in [4.69, 9.17) is 9.47 Å². The zero-order valence-corrected chi connectivity index (χ0v) is 18.2. The Hall–Kier alpha value is -2.81. The van der Waals surface area contributed by atoms with Gasteiger partial charge in [0.2, 0.25) is 0 Å². The molecule has 0 unspecified atom stereocenters. The Kier molecular flexibility index (Phi) is 7.24. The molecule has 0 N–H and O–H groups in total. The lowest BCUT2D eigenvalue weighted by atomic mass is 10.0. The highest BCUT2D eigenvalue weighted by atomic mass is 16.5. The Morgan fingerprint density at radius 1 is 0.935 bits per heavy atom. The van der Waals surface area contributed by atoms with Gasteiger partial charge in [0.25, 0.3) is 0 Å². The number of benzene rings is 2. The third-order valence-corrected chi connectivity index (χ3v) is 5.76. The fraction of sp³-hybridized carbons (Fsp3) is 0.435. The summed E-state index contributed by atoms with van der Waals surface area (Å²) in [6.07, 6.45) is 0. The van der Waals surface area contributed by atoms with Crippen molar-refractivity contribution in [1.29, 1.82) is 0 Å². The number of hydrogen-bond donors (Lipinski definition) is 0. The average molecular weight is 423 g/mol. The van der Waals surface area contributed by atoms with Crippen LogP contribution in [0.4, 0.5) is 0 Å². The van der Waals surface area contributed by atoms with Crippen LogP contribution in [0.1, 0.15) is 23.0 Å². The Balaban J connectivity index is 1.53. The molecule has 8 nitrogen and oxygen atoms in total. The smallest absolute Gasteiger partial charge is 0.173 e. The molecule has 2 heterocycles. The van der Waals surface area contributed by atoms with Crippen LogP contribution in [0, 0.1) is 0 Å². The molecule has 1 fully saturated rings. The van der Waals surface area contributed by atoms with E-state index in [9.17, 15) is 0 Å². The summed E-state index contributed by atoms with van der Waals surface area (Å²) in [4.78, 5) is 4.98. The largest absolute Gasteiger partial charge is 0.497 e. The molecular formula is C23H30N6O2. The average Bonchev–Trinajstić information content (AvgIpc) is 3.28. The molecule has 2 aromatic carbocycles. The van der Waals surface area contributed by atoms with Crippen LogP contribution in [0.3, 0.4) is 0 Å². The quantitative estimate of drug-likeness (QED) is 0.524. The fourth-order valence-corrected chi connectivity index (χ4v) is 4.08. The molecule has 31 heavy (non-hydrogen) atoms. The summed E-state index contributed by atoms with van der Waals surface area (Å²) >= 11 is 0. The summed E-state index contributed by atoms with van der Waals surface area (Å²) in [5, 5.41) is 12.6. The highest BCUT2D eigenvalue weighted by Gasteiger charge is 2.30. The van der Waals surface area contributed by atoms with Gasteiger partial charge in [-0.3, -0.25) is 9.80 Å². The normalized spacial score (nSPS) is 16.3. The molecule has 3 aromatic rings. The Morgan fingerprint density at radius 2 is 1.68 bits per heavy atom. The van der Waals surface area contributed by atoms with Crippen molar-refractivity contribution in [2.24, 2.45) is 0 Å². The summed E-state index contributed by atoms with van der Waals surface area (Å²) in [5.41, 5.74) is 2.51. The predicted octanol–water partition coefficient (Wildman–Crippen LogP) is 2.24. The van der Waals surface area contributed by atoms with Crippen LogP contribution in [0.2, 0.25) is 0 Å². The maximum absolute atomic E-state index is 5.35. The standard InChI is InChI=1S/C23H30N6O2/c1-30-17-16-29-23(24-25-26-29)22(20-8-10-21(31-2)11-9-20)28-14-12-27(13-15-28)18-19-6-4-3-5-7-19/h3-11,22H,12-18H2,1-2H3/t22-/m1/s1. The monoisotopic (exact) mass is 422 g/mol. The first-order chi connectivity index (χ1) is 15.3. The van der Waals surface area contributed by atoms with E-state index >= 15 is 0 Å². The van der Waals surface area contributed by atoms with Gasteiger partial charge < -0.3 is 9.47 Å². The van der Waals surface area contributed by atoms with Gasteiger partial charge in [-0.25, -0.2) is 4.68 Å². The first kappa shape index (κ1) is 21.4. The summed E-state index contributed by atoms with van der Waals surface area (Å²) in [5.74, 6) is 1.69. The number of tetrazole rings is 1. The molecular weight excluding hydrogens is 392 g/mol. The Bertz CT molecular complexity index is 923. The lowest BCUT2D eigenvalue weighted by Gasteiger charge is -2.39. The third kappa shape index (κ3) is 5.28. The number of nitrogens with zero attached hydrogens (tertiary/aromatic N) is 6. The maximum Gasteiger partial charge on any atom is 0.173 e. The van der Waals surface area contributed by atoms with E-state index in [2.05, 4.69) is 67.8 Å². The van der Waals surface area contributed by atoms with Crippen LogP contribution in [-0.2, 0) is 17.8 Å². The van der Waals surface area contributed by atoms with Crippen molar-refractivity contribution in [2.75, 3.05) is 47.0 Å². The van der Waals surface area contributed by atoms with Crippen molar-refractivity contribution in [3.8, 4) is 5.75 Å². The molecule has 0 aliphatic carbocycles. The van der Waals surface area contributed by atoms with Gasteiger partial charge in [0.05, 0.1) is 26.3 Å². The number of methoxy groups -OCH3 is 2. The van der Waals surface area contributed by atoms with Gasteiger partial charge in [0.15, 0.2) is 5.82 Å². The van der Waals surface area contributed by atoms with Crippen LogP contribution in [0.5, 0.6) is 5.75 Å². The Morgan fingerprint density at radius 3 is 2.35 bits per heavy atom. The van der Waals surface area contributed by atoms with Gasteiger partial charge in [-0.1, -0.05) is 42.5 Å². The van der Waals surface area contributed by atoms with Crippen molar-refractivity contribution < 1.29 is 9.47 Å². The van der Waals surface area contributed by atoms with Crippen LogP contribution in [0.15, 0.2) is 54.6 Å². The molecule has 8 heteroatoms. The summed E-state index contributed by atoms with van der Waals surface area (Å²) < 4.78 is 12.5. The third-order valence-electron chi connectivity index (χ3n) is 5.76. The minimum Gasteiger partial charge on any atom is -0.497 e. The second-order valence-electron chi connectivity index (χ2n) is 7.73. The van der Waals surface area contributed by atoms with E-state index in [1.807, 2.05) is 16.8 Å². The molecule has 1 atom stereocenters. The van der Waals surface area contributed by atoms with E-state index in [0.29, 0.717) is 13.2 Å². The second-order valence-corrected chi connectivity index (χ2v) is 7.73. The van der Waals surface area contributed by atoms with Crippen molar-refractivity contribution in [3.63, 3.8) is 0 Å². The van der Waals surface area contributed by atoms with Crippen molar-refractivity contribution >= 4 is 0 Å². The van der Waals surface area contributed by atoms with Crippen molar-refractivity contribution in [3.05, 3.63) is 71.5 Å². The van der Waals surface area contributed by atoms with E-state index in [1.165, 1.54) is 5.56 Å². The molecule has 0 amide bonds. The topological polar surface area (TPSA) is 68.5 Å². The van der Waals surface area contributed by atoms with Gasteiger partial charge in [-0.2, -0.15) is 0 Å². The first-order valence-corrected chi connectivity index (χ1v) is 10.7. The highest BCUT2D eigenvalue weighted by Crippen LogP contribution is 2.29. The summed E-state index contributed by atoms with van der Waals surface area (Å²) in [7, 11) is 3.38. The molecule has 1 aliphatic rings. The predicted molar refractivity (Wildman–Crippen MR) is 118 cm³/mol. The van der Waals surface area contributed by atoms with Crippen LogP contribution < -0.4 is 4.74 Å². The molecule has 4 rings (SSSR count). The van der Waals surface area contributed by atoms with Crippen LogP contribution in [0.25, 0.3) is 0 Å². The van der Waals surface area contributed by atoms with Gasteiger partial charge >= 0.3 is 0 Å². The molecule has 0 spiro atoms. The van der Waals surface area contributed by atoms with Crippen LogP contribution in [-0.4, -0.2) is 77.0 Å². The maximum atomic E-state index is 5.35. The zero-order valence-electron chi connectivity index (χ0n) is 18.2. The zero-order chi connectivity index (χ0) is 21.5. The SMILES string of the molecule is COCCn1nnnc1[C@@H](c1ccc(OC)cc1)N1CCN(Cc2ccccc2)CC1. The first-order valence-electron chi connectivity index (χ1n) is 10.7. The molecule has 1 saturated heterocycles. The van der Waals surface area contributed by atoms with E-state index in [1.54, 1.807) is 14.2 Å². The number of aromatic nitrogens is 4. The summed E-state index contributed by atoms with van der Waals surface area (Å²) in [6, 6.07) is 18.8. The molecule has 0 radical (unpaired) electrons. The molecule has 0 bridgehead atoms. The number of rotatable bonds is 9. The molecule has 1 aromatic heterocycles. The fourth-order valence-electron chi connectivity index (χ4n) is 4.08.